The maximum atomic E-state index is 12.6. The lowest BCUT2D eigenvalue weighted by Crippen LogP contribution is -2.31. The SMILES string of the molecule is COc1ccc(C(C)=NN=C(N)S[C@H]2CC(=O)N(Cc3ccccc3)C2=O)cc1. The summed E-state index contributed by atoms with van der Waals surface area (Å²) in [5.41, 5.74) is 8.40. The maximum Gasteiger partial charge on any atom is 0.243 e. The molecule has 2 aromatic carbocycles. The van der Waals surface area contributed by atoms with Gasteiger partial charge >= 0.3 is 0 Å². The fourth-order valence-electron chi connectivity index (χ4n) is 2.86. The molecule has 1 saturated heterocycles. The Morgan fingerprint density at radius 1 is 1.14 bits per heavy atom. The fourth-order valence-corrected chi connectivity index (χ4v) is 3.69. The van der Waals surface area contributed by atoms with Gasteiger partial charge in [0.05, 0.1) is 19.4 Å². The summed E-state index contributed by atoms with van der Waals surface area (Å²) < 4.78 is 5.13. The molecule has 2 aromatic rings. The molecule has 0 aromatic heterocycles. The van der Waals surface area contributed by atoms with Crippen LogP contribution in [0.1, 0.15) is 24.5 Å². The number of rotatable bonds is 6. The van der Waals surface area contributed by atoms with Crippen LogP contribution in [0.15, 0.2) is 64.8 Å². The van der Waals surface area contributed by atoms with Gasteiger partial charge in [-0.15, -0.1) is 5.10 Å². The van der Waals surface area contributed by atoms with E-state index < -0.39 is 5.25 Å². The summed E-state index contributed by atoms with van der Waals surface area (Å²) in [6.07, 6.45) is 0.105. The van der Waals surface area contributed by atoms with Gasteiger partial charge in [0.25, 0.3) is 0 Å². The second-order valence-electron chi connectivity index (χ2n) is 6.47. The monoisotopic (exact) mass is 410 g/mol. The van der Waals surface area contributed by atoms with E-state index in [0.29, 0.717) is 5.71 Å². The van der Waals surface area contributed by atoms with E-state index in [-0.39, 0.29) is 29.9 Å². The normalized spacial score (nSPS) is 17.7. The van der Waals surface area contributed by atoms with Crippen molar-refractivity contribution in [2.75, 3.05) is 7.11 Å². The fraction of sp³-hybridized carbons (Fsp3) is 0.238. The Balaban J connectivity index is 1.62. The molecule has 1 fully saturated rings. The van der Waals surface area contributed by atoms with Gasteiger partial charge in [-0.05, 0) is 42.3 Å². The van der Waals surface area contributed by atoms with Crippen molar-refractivity contribution in [3.8, 4) is 5.75 Å². The number of carbonyl (C=O) groups is 2. The first-order valence-electron chi connectivity index (χ1n) is 9.05. The van der Waals surface area contributed by atoms with Gasteiger partial charge in [-0.3, -0.25) is 14.5 Å². The summed E-state index contributed by atoms with van der Waals surface area (Å²) >= 11 is 1.07. The average Bonchev–Trinajstić information content (AvgIpc) is 3.00. The smallest absolute Gasteiger partial charge is 0.243 e. The Kier molecular flexibility index (Phi) is 6.66. The van der Waals surface area contributed by atoms with E-state index in [1.165, 1.54) is 4.90 Å². The minimum Gasteiger partial charge on any atom is -0.497 e. The first kappa shape index (κ1) is 20.6. The van der Waals surface area contributed by atoms with Crippen LogP contribution in [0.2, 0.25) is 0 Å². The van der Waals surface area contributed by atoms with Gasteiger partial charge in [-0.25, -0.2) is 0 Å². The van der Waals surface area contributed by atoms with Crippen LogP contribution in [0, 0.1) is 0 Å². The average molecular weight is 410 g/mol. The van der Waals surface area contributed by atoms with Crippen molar-refractivity contribution in [3.05, 3.63) is 65.7 Å². The van der Waals surface area contributed by atoms with Crippen molar-refractivity contribution in [1.29, 1.82) is 0 Å². The van der Waals surface area contributed by atoms with E-state index in [0.717, 1.165) is 28.6 Å². The van der Waals surface area contributed by atoms with E-state index >= 15 is 0 Å². The van der Waals surface area contributed by atoms with E-state index in [1.807, 2.05) is 61.5 Å². The number of amides is 2. The number of hydrogen-bond donors (Lipinski definition) is 1. The first-order chi connectivity index (χ1) is 14.0. The molecule has 1 heterocycles. The molecule has 1 aliphatic rings. The minimum atomic E-state index is -0.577. The van der Waals surface area contributed by atoms with Crippen LogP contribution in [0.3, 0.4) is 0 Å². The Labute approximate surface area is 173 Å². The highest BCUT2D eigenvalue weighted by Gasteiger charge is 2.39. The Bertz CT molecular complexity index is 942. The van der Waals surface area contributed by atoms with Crippen molar-refractivity contribution in [2.45, 2.75) is 25.1 Å². The number of benzene rings is 2. The van der Waals surface area contributed by atoms with Crippen LogP contribution in [-0.4, -0.2) is 40.0 Å². The summed E-state index contributed by atoms with van der Waals surface area (Å²) in [6.45, 7) is 2.08. The van der Waals surface area contributed by atoms with Gasteiger partial charge in [-0.2, -0.15) is 5.10 Å². The van der Waals surface area contributed by atoms with Gasteiger partial charge in [-0.1, -0.05) is 42.1 Å². The summed E-state index contributed by atoms with van der Waals surface area (Å²) in [7, 11) is 1.61. The van der Waals surface area contributed by atoms with Crippen LogP contribution >= 0.6 is 11.8 Å². The minimum absolute atomic E-state index is 0.105. The summed E-state index contributed by atoms with van der Waals surface area (Å²) in [4.78, 5) is 26.1. The molecule has 2 N–H and O–H groups in total. The van der Waals surface area contributed by atoms with Gasteiger partial charge in [0, 0.05) is 6.42 Å². The molecule has 2 amide bonds. The van der Waals surface area contributed by atoms with Crippen LogP contribution in [0.25, 0.3) is 0 Å². The largest absolute Gasteiger partial charge is 0.497 e. The molecule has 0 radical (unpaired) electrons. The molecule has 7 nitrogen and oxygen atoms in total. The number of methoxy groups -OCH3 is 1. The van der Waals surface area contributed by atoms with Crippen LogP contribution in [0.5, 0.6) is 5.75 Å². The third-order valence-corrected chi connectivity index (χ3v) is 5.43. The van der Waals surface area contributed by atoms with Crippen molar-refractivity contribution >= 4 is 34.5 Å². The number of hydrogen-bond acceptors (Lipinski definition) is 6. The van der Waals surface area contributed by atoms with Crippen LogP contribution < -0.4 is 10.5 Å². The molecule has 0 saturated carbocycles. The number of nitrogens with two attached hydrogens (primary N) is 1. The number of imide groups is 1. The molecular formula is C21H22N4O3S. The van der Waals surface area contributed by atoms with E-state index in [4.69, 9.17) is 10.5 Å². The first-order valence-corrected chi connectivity index (χ1v) is 9.93. The predicted molar refractivity (Wildman–Crippen MR) is 115 cm³/mol. The number of likely N-dealkylation sites (tertiary alicyclic amines) is 1. The molecule has 3 rings (SSSR count). The second-order valence-corrected chi connectivity index (χ2v) is 7.69. The van der Waals surface area contributed by atoms with Gasteiger partial charge in [0.15, 0.2) is 5.17 Å². The van der Waals surface area contributed by atoms with Crippen molar-refractivity contribution < 1.29 is 14.3 Å². The topological polar surface area (TPSA) is 97.3 Å². The van der Waals surface area contributed by atoms with Gasteiger partial charge in [0.2, 0.25) is 11.8 Å². The number of nitrogens with zero attached hydrogens (tertiary/aromatic N) is 3. The number of thioether (sulfide) groups is 1. The number of carbonyl (C=O) groups excluding carboxylic acids is 2. The summed E-state index contributed by atoms with van der Waals surface area (Å²) in [5.74, 6) is 0.296. The van der Waals surface area contributed by atoms with Crippen molar-refractivity contribution in [1.82, 2.24) is 4.90 Å². The zero-order valence-corrected chi connectivity index (χ0v) is 17.1. The van der Waals surface area contributed by atoms with Gasteiger partial charge in [0.1, 0.15) is 11.0 Å². The molecule has 1 atom stereocenters. The molecule has 1 aliphatic heterocycles. The highest BCUT2D eigenvalue weighted by molar-refractivity contribution is 8.14. The lowest BCUT2D eigenvalue weighted by Gasteiger charge is -2.14. The Hall–Kier alpha value is -3.13. The summed E-state index contributed by atoms with van der Waals surface area (Å²) in [5, 5.41) is 7.70. The lowest BCUT2D eigenvalue weighted by atomic mass is 10.1. The van der Waals surface area contributed by atoms with Gasteiger partial charge < -0.3 is 10.5 Å². The zero-order chi connectivity index (χ0) is 20.8. The molecule has 0 aliphatic carbocycles. The molecule has 0 bridgehead atoms. The predicted octanol–water partition coefficient (Wildman–Crippen LogP) is 2.79. The number of ether oxygens (including phenoxy) is 1. The highest BCUT2D eigenvalue weighted by atomic mass is 32.2. The summed E-state index contributed by atoms with van der Waals surface area (Å²) in [6, 6.07) is 16.8. The third-order valence-electron chi connectivity index (χ3n) is 4.46. The standard InChI is InChI=1S/C21H22N4O3S/c1-14(16-8-10-17(28-2)11-9-16)23-24-21(22)29-18-12-19(26)25(20(18)27)13-15-6-4-3-5-7-15/h3-11,18H,12-13H2,1-2H3,(H2,22,24)/t18-/m0/s1. The Morgan fingerprint density at radius 2 is 1.83 bits per heavy atom. The maximum absolute atomic E-state index is 12.6. The van der Waals surface area contributed by atoms with E-state index in [1.54, 1.807) is 7.11 Å². The lowest BCUT2D eigenvalue weighted by molar-refractivity contribution is -0.138. The zero-order valence-electron chi connectivity index (χ0n) is 16.2. The van der Waals surface area contributed by atoms with Crippen molar-refractivity contribution in [2.24, 2.45) is 15.9 Å². The van der Waals surface area contributed by atoms with Crippen molar-refractivity contribution in [3.63, 3.8) is 0 Å². The molecule has 0 spiro atoms. The van der Waals surface area contributed by atoms with Crippen LogP contribution in [-0.2, 0) is 16.1 Å². The molecule has 0 unspecified atom stereocenters. The highest BCUT2D eigenvalue weighted by Crippen LogP contribution is 2.26. The number of amidine groups is 1. The second kappa shape index (κ2) is 9.38. The Morgan fingerprint density at radius 3 is 2.48 bits per heavy atom. The molecule has 150 valence electrons. The molecular weight excluding hydrogens is 388 g/mol. The van der Waals surface area contributed by atoms with E-state index in [2.05, 4.69) is 10.2 Å². The molecule has 29 heavy (non-hydrogen) atoms. The van der Waals surface area contributed by atoms with E-state index in [9.17, 15) is 9.59 Å². The quantitative estimate of drug-likeness (QED) is 0.342. The van der Waals surface area contributed by atoms with Crippen LogP contribution in [0.4, 0.5) is 0 Å². The molecule has 8 heteroatoms. The third kappa shape index (κ3) is 5.23.